The minimum Gasteiger partial charge on any atom is -0.336 e. The number of halogens is 2. The second kappa shape index (κ2) is 6.42. The minimum atomic E-state index is 0.0229. The minimum absolute atomic E-state index is 0.0229. The zero-order chi connectivity index (χ0) is 13.8. The first-order valence-electron chi connectivity index (χ1n) is 6.29. The zero-order valence-electron chi connectivity index (χ0n) is 11.0. The Hall–Kier alpha value is -1.03. The van der Waals surface area contributed by atoms with Gasteiger partial charge in [0.05, 0.1) is 16.1 Å². The summed E-state index contributed by atoms with van der Waals surface area (Å²) in [5.74, 6) is 0.965. The summed E-state index contributed by atoms with van der Waals surface area (Å²) in [4.78, 5) is 4.42. The van der Waals surface area contributed by atoms with Gasteiger partial charge < -0.3 is 9.88 Å². The monoisotopic (exact) mass is 297 g/mol. The van der Waals surface area contributed by atoms with Crippen LogP contribution in [0.25, 0.3) is 0 Å². The highest BCUT2D eigenvalue weighted by atomic mass is 35.5. The average molecular weight is 298 g/mol. The van der Waals surface area contributed by atoms with Gasteiger partial charge >= 0.3 is 0 Å². The van der Waals surface area contributed by atoms with E-state index in [1.165, 1.54) is 0 Å². The summed E-state index contributed by atoms with van der Waals surface area (Å²) in [6.45, 7) is 3.05. The lowest BCUT2D eigenvalue weighted by Crippen LogP contribution is -2.25. The van der Waals surface area contributed by atoms with E-state index in [0.717, 1.165) is 24.4 Å². The van der Waals surface area contributed by atoms with Crippen LogP contribution in [-0.4, -0.2) is 16.1 Å². The molecule has 0 amide bonds. The van der Waals surface area contributed by atoms with Crippen LogP contribution in [0.5, 0.6) is 0 Å². The quantitative estimate of drug-likeness (QED) is 0.909. The molecule has 0 aliphatic rings. The van der Waals surface area contributed by atoms with E-state index < -0.39 is 0 Å². The van der Waals surface area contributed by atoms with Gasteiger partial charge in [0.2, 0.25) is 0 Å². The van der Waals surface area contributed by atoms with E-state index >= 15 is 0 Å². The van der Waals surface area contributed by atoms with Crippen molar-refractivity contribution < 1.29 is 0 Å². The predicted octanol–water partition coefficient (Wildman–Crippen LogP) is 3.82. The molecule has 1 aromatic carbocycles. The molecule has 1 heterocycles. The van der Waals surface area contributed by atoms with Crippen LogP contribution in [0, 0.1) is 0 Å². The molecular weight excluding hydrogens is 281 g/mol. The topological polar surface area (TPSA) is 29.9 Å². The Balaban J connectivity index is 2.37. The normalized spacial score (nSPS) is 12.6. The number of nitrogens with zero attached hydrogens (tertiary/aromatic N) is 2. The van der Waals surface area contributed by atoms with E-state index in [0.29, 0.717) is 10.0 Å². The molecule has 0 saturated carbocycles. The smallest absolute Gasteiger partial charge is 0.130 e. The molecule has 3 nitrogen and oxygen atoms in total. The Morgan fingerprint density at radius 2 is 2.11 bits per heavy atom. The van der Waals surface area contributed by atoms with Crippen LogP contribution in [0.1, 0.15) is 30.8 Å². The second-order valence-corrected chi connectivity index (χ2v) is 5.27. The molecule has 0 saturated heterocycles. The summed E-state index contributed by atoms with van der Waals surface area (Å²) < 4.78 is 2.01. The number of hydrogen-bond acceptors (Lipinski definition) is 2. The molecule has 2 aromatic rings. The molecule has 19 heavy (non-hydrogen) atoms. The van der Waals surface area contributed by atoms with Crippen LogP contribution in [-0.2, 0) is 7.05 Å². The molecule has 0 fully saturated rings. The van der Waals surface area contributed by atoms with Crippen molar-refractivity contribution >= 4 is 23.2 Å². The van der Waals surface area contributed by atoms with Crippen LogP contribution in [0.3, 0.4) is 0 Å². The fourth-order valence-corrected chi connectivity index (χ4v) is 2.30. The maximum atomic E-state index is 6.11. The van der Waals surface area contributed by atoms with Gasteiger partial charge in [-0.1, -0.05) is 36.2 Å². The Morgan fingerprint density at radius 1 is 1.32 bits per heavy atom. The molecule has 0 bridgehead atoms. The predicted molar refractivity (Wildman–Crippen MR) is 79.8 cm³/mol. The van der Waals surface area contributed by atoms with E-state index in [4.69, 9.17) is 23.2 Å². The molecule has 0 aliphatic heterocycles. The Kier molecular flexibility index (Phi) is 4.86. The number of hydrogen-bond donors (Lipinski definition) is 1. The van der Waals surface area contributed by atoms with Crippen LogP contribution < -0.4 is 5.32 Å². The highest BCUT2D eigenvalue weighted by Gasteiger charge is 2.18. The molecule has 0 radical (unpaired) electrons. The third-order valence-electron chi connectivity index (χ3n) is 2.99. The summed E-state index contributed by atoms with van der Waals surface area (Å²) >= 11 is 12.1. The number of benzene rings is 1. The van der Waals surface area contributed by atoms with Crippen molar-refractivity contribution in [3.8, 4) is 0 Å². The fourth-order valence-electron chi connectivity index (χ4n) is 1.99. The van der Waals surface area contributed by atoms with E-state index in [9.17, 15) is 0 Å². The molecule has 0 spiro atoms. The SMILES string of the molecule is CCCNC(c1ccc(Cl)c(Cl)c1)c1nccn1C. The second-order valence-electron chi connectivity index (χ2n) is 4.46. The summed E-state index contributed by atoms with van der Waals surface area (Å²) in [5.41, 5.74) is 1.07. The largest absolute Gasteiger partial charge is 0.336 e. The molecule has 1 atom stereocenters. The molecular formula is C14H17Cl2N3. The van der Waals surface area contributed by atoms with Crippen molar-refractivity contribution in [2.45, 2.75) is 19.4 Å². The van der Waals surface area contributed by atoms with Crippen LogP contribution in [0.4, 0.5) is 0 Å². The van der Waals surface area contributed by atoms with Gasteiger partial charge in [0, 0.05) is 19.4 Å². The van der Waals surface area contributed by atoms with Crippen LogP contribution in [0.15, 0.2) is 30.6 Å². The first kappa shape index (κ1) is 14.4. The van der Waals surface area contributed by atoms with Crippen molar-refractivity contribution in [3.63, 3.8) is 0 Å². The lowest BCUT2D eigenvalue weighted by Gasteiger charge is -2.19. The molecule has 1 aromatic heterocycles. The van der Waals surface area contributed by atoms with Crippen molar-refractivity contribution in [3.05, 3.63) is 52.0 Å². The van der Waals surface area contributed by atoms with Gasteiger partial charge in [0.25, 0.3) is 0 Å². The lowest BCUT2D eigenvalue weighted by atomic mass is 10.1. The highest BCUT2D eigenvalue weighted by Crippen LogP contribution is 2.28. The highest BCUT2D eigenvalue weighted by molar-refractivity contribution is 6.42. The summed E-state index contributed by atoms with van der Waals surface area (Å²) in [7, 11) is 1.99. The van der Waals surface area contributed by atoms with E-state index in [2.05, 4.69) is 17.2 Å². The van der Waals surface area contributed by atoms with E-state index in [1.807, 2.05) is 36.0 Å². The third-order valence-corrected chi connectivity index (χ3v) is 3.73. The summed E-state index contributed by atoms with van der Waals surface area (Å²) in [6.07, 6.45) is 4.79. The van der Waals surface area contributed by atoms with Crippen LogP contribution >= 0.6 is 23.2 Å². The van der Waals surface area contributed by atoms with Crippen molar-refractivity contribution in [2.75, 3.05) is 6.54 Å². The number of imidazole rings is 1. The van der Waals surface area contributed by atoms with E-state index in [-0.39, 0.29) is 6.04 Å². The van der Waals surface area contributed by atoms with Gasteiger partial charge in [-0.3, -0.25) is 0 Å². The zero-order valence-corrected chi connectivity index (χ0v) is 12.5. The molecule has 102 valence electrons. The Labute approximate surface area is 123 Å². The standard InChI is InChI=1S/C14H17Cl2N3/c1-3-6-17-13(14-18-7-8-19(14)2)10-4-5-11(15)12(16)9-10/h4-5,7-9,13,17H,3,6H2,1-2H3. The molecule has 1 unspecified atom stereocenters. The number of nitrogens with one attached hydrogen (secondary N) is 1. The van der Waals surface area contributed by atoms with Crippen molar-refractivity contribution in [1.82, 2.24) is 14.9 Å². The van der Waals surface area contributed by atoms with E-state index in [1.54, 1.807) is 6.20 Å². The molecule has 0 aliphatic carbocycles. The Bertz CT molecular complexity index is 551. The first-order valence-corrected chi connectivity index (χ1v) is 7.04. The number of aryl methyl sites for hydroxylation is 1. The fraction of sp³-hybridized carbons (Fsp3) is 0.357. The maximum Gasteiger partial charge on any atom is 0.130 e. The van der Waals surface area contributed by atoms with Gasteiger partial charge in [-0.2, -0.15) is 0 Å². The average Bonchev–Trinajstić information content (AvgIpc) is 2.80. The number of rotatable bonds is 5. The van der Waals surface area contributed by atoms with Crippen molar-refractivity contribution in [1.29, 1.82) is 0 Å². The molecule has 2 rings (SSSR count). The molecule has 5 heteroatoms. The lowest BCUT2D eigenvalue weighted by molar-refractivity contribution is 0.555. The number of aromatic nitrogens is 2. The van der Waals surface area contributed by atoms with Gasteiger partial charge in [-0.15, -0.1) is 0 Å². The first-order chi connectivity index (χ1) is 9.13. The summed E-state index contributed by atoms with van der Waals surface area (Å²) in [5, 5.41) is 4.63. The van der Waals surface area contributed by atoms with Gasteiger partial charge in [-0.05, 0) is 30.7 Å². The van der Waals surface area contributed by atoms with Crippen molar-refractivity contribution in [2.24, 2.45) is 7.05 Å². The van der Waals surface area contributed by atoms with Gasteiger partial charge in [0.1, 0.15) is 5.82 Å². The maximum absolute atomic E-state index is 6.11. The van der Waals surface area contributed by atoms with Crippen LogP contribution in [0.2, 0.25) is 10.0 Å². The third kappa shape index (κ3) is 3.30. The summed E-state index contributed by atoms with van der Waals surface area (Å²) in [6, 6.07) is 5.72. The Morgan fingerprint density at radius 3 is 2.68 bits per heavy atom. The van der Waals surface area contributed by atoms with Gasteiger partial charge in [0.15, 0.2) is 0 Å². The van der Waals surface area contributed by atoms with Gasteiger partial charge in [-0.25, -0.2) is 4.98 Å². The molecule has 1 N–H and O–H groups in total.